The van der Waals surface area contributed by atoms with Gasteiger partial charge in [0.1, 0.15) is 10.9 Å². The van der Waals surface area contributed by atoms with E-state index in [1.54, 1.807) is 24.3 Å². The smallest absolute Gasteiger partial charge is 0.232 e. The number of dihydropyridines is 1. The molecule has 22 heavy (non-hydrogen) atoms. The van der Waals surface area contributed by atoms with Gasteiger partial charge in [0.15, 0.2) is 10.8 Å². The average Bonchev–Trinajstić information content (AvgIpc) is 2.45. The zero-order chi connectivity index (χ0) is 15.9. The van der Waals surface area contributed by atoms with Crippen LogP contribution in [0.15, 0.2) is 58.2 Å². The van der Waals surface area contributed by atoms with Crippen molar-refractivity contribution in [3.8, 4) is 0 Å². The number of carbonyl (C=O) groups excluding carboxylic acids is 1. The van der Waals surface area contributed by atoms with E-state index in [2.05, 4.69) is 10.3 Å². The standard InChI is InChI=1S/C15H11Cl2FN2O2/c16-14-11-9(21)6-10(22)19-12(11)13(18)15(17,20-14)7-8-4-2-1-3-5-8/h1-5,21H,6-7H2,(H,19,22). The predicted octanol–water partition coefficient (Wildman–Crippen LogP) is 3.33. The molecule has 2 heterocycles. The number of fused-ring (bicyclic) bond motifs is 1. The third kappa shape index (κ3) is 2.51. The highest BCUT2D eigenvalue weighted by atomic mass is 35.5. The minimum Gasteiger partial charge on any atom is -0.511 e. The summed E-state index contributed by atoms with van der Waals surface area (Å²) in [6, 6.07) is 9.00. The Morgan fingerprint density at radius 2 is 2.05 bits per heavy atom. The lowest BCUT2D eigenvalue weighted by atomic mass is 9.96. The number of carbonyl (C=O) groups is 1. The number of aliphatic hydroxyl groups is 1. The fraction of sp³-hybridized carbons (Fsp3) is 0.200. The van der Waals surface area contributed by atoms with Crippen molar-refractivity contribution in [3.05, 3.63) is 58.8 Å². The van der Waals surface area contributed by atoms with Crippen LogP contribution in [0.25, 0.3) is 0 Å². The van der Waals surface area contributed by atoms with Crippen molar-refractivity contribution in [2.24, 2.45) is 4.99 Å². The number of aliphatic hydroxyl groups excluding tert-OH is 1. The number of nitrogens with one attached hydrogen (secondary N) is 1. The van der Waals surface area contributed by atoms with E-state index in [0.29, 0.717) is 0 Å². The quantitative estimate of drug-likeness (QED) is 0.640. The molecule has 0 saturated carbocycles. The van der Waals surface area contributed by atoms with E-state index in [4.69, 9.17) is 23.2 Å². The van der Waals surface area contributed by atoms with Gasteiger partial charge in [0.05, 0.1) is 17.7 Å². The van der Waals surface area contributed by atoms with Crippen LogP contribution in [-0.4, -0.2) is 21.2 Å². The Labute approximate surface area is 135 Å². The van der Waals surface area contributed by atoms with E-state index < -0.39 is 16.7 Å². The van der Waals surface area contributed by atoms with Crippen LogP contribution in [-0.2, 0) is 11.2 Å². The molecule has 0 fully saturated rings. The molecule has 2 aliphatic heterocycles. The van der Waals surface area contributed by atoms with Gasteiger partial charge in [-0.15, -0.1) is 0 Å². The number of rotatable bonds is 2. The van der Waals surface area contributed by atoms with E-state index in [-0.39, 0.29) is 35.0 Å². The van der Waals surface area contributed by atoms with Gasteiger partial charge in [0.2, 0.25) is 5.91 Å². The minimum absolute atomic E-state index is 0.0110. The topological polar surface area (TPSA) is 61.7 Å². The van der Waals surface area contributed by atoms with Crippen LogP contribution in [0.5, 0.6) is 0 Å². The normalized spacial score (nSPS) is 24.9. The Kier molecular flexibility index (Phi) is 3.70. The van der Waals surface area contributed by atoms with Gasteiger partial charge in [0, 0.05) is 6.42 Å². The Morgan fingerprint density at radius 1 is 1.36 bits per heavy atom. The molecular weight excluding hydrogens is 330 g/mol. The molecule has 1 unspecified atom stereocenters. The first-order chi connectivity index (χ1) is 10.4. The van der Waals surface area contributed by atoms with Crippen molar-refractivity contribution < 1.29 is 14.3 Å². The SMILES string of the molecule is O=C1CC(O)=C2C(Cl)=NC(Cl)(Cc3ccccc3)C(F)=C2N1. The number of alkyl halides is 1. The fourth-order valence-corrected chi connectivity index (χ4v) is 3.18. The summed E-state index contributed by atoms with van der Waals surface area (Å²) in [6.07, 6.45) is -0.212. The molecular formula is C15H11Cl2FN2O2. The Hall–Kier alpha value is -1.85. The lowest BCUT2D eigenvalue weighted by molar-refractivity contribution is -0.120. The van der Waals surface area contributed by atoms with Gasteiger partial charge in [0.25, 0.3) is 0 Å². The van der Waals surface area contributed by atoms with Crippen molar-refractivity contribution in [2.75, 3.05) is 0 Å². The Bertz CT molecular complexity index is 743. The van der Waals surface area contributed by atoms with Crippen LogP contribution in [0.3, 0.4) is 0 Å². The van der Waals surface area contributed by atoms with Crippen LogP contribution >= 0.6 is 23.2 Å². The van der Waals surface area contributed by atoms with Gasteiger partial charge < -0.3 is 10.4 Å². The van der Waals surface area contributed by atoms with E-state index >= 15 is 0 Å². The summed E-state index contributed by atoms with van der Waals surface area (Å²) in [7, 11) is 0. The molecule has 2 aliphatic rings. The molecule has 114 valence electrons. The number of hydrogen-bond acceptors (Lipinski definition) is 3. The molecule has 3 rings (SSSR count). The molecule has 1 atom stereocenters. The summed E-state index contributed by atoms with van der Waals surface area (Å²) in [5.74, 6) is -1.69. The third-order valence-corrected chi connectivity index (χ3v) is 4.11. The summed E-state index contributed by atoms with van der Waals surface area (Å²) in [4.78, 5) is 13.8. The van der Waals surface area contributed by atoms with E-state index in [1.165, 1.54) is 0 Å². The number of amides is 1. The van der Waals surface area contributed by atoms with Crippen molar-refractivity contribution in [3.63, 3.8) is 0 Å². The maximum absolute atomic E-state index is 14.8. The van der Waals surface area contributed by atoms with Gasteiger partial charge >= 0.3 is 0 Å². The Balaban J connectivity index is 2.08. The predicted molar refractivity (Wildman–Crippen MR) is 82.6 cm³/mol. The lowest BCUT2D eigenvalue weighted by Crippen LogP contribution is -2.39. The number of allylic oxidation sites excluding steroid dienone is 1. The first-order valence-corrected chi connectivity index (χ1v) is 7.27. The molecule has 0 radical (unpaired) electrons. The maximum Gasteiger partial charge on any atom is 0.232 e. The molecule has 4 nitrogen and oxygen atoms in total. The highest BCUT2D eigenvalue weighted by Crippen LogP contribution is 2.42. The lowest BCUT2D eigenvalue weighted by Gasteiger charge is -2.31. The molecule has 0 saturated heterocycles. The molecule has 0 spiro atoms. The van der Waals surface area contributed by atoms with Gasteiger partial charge in [-0.2, -0.15) is 0 Å². The van der Waals surface area contributed by atoms with Crippen molar-refractivity contribution in [2.45, 2.75) is 17.8 Å². The largest absolute Gasteiger partial charge is 0.511 e. The molecule has 1 aromatic rings. The van der Waals surface area contributed by atoms with Crippen molar-refractivity contribution in [1.29, 1.82) is 0 Å². The summed E-state index contributed by atoms with van der Waals surface area (Å²) in [5.41, 5.74) is 0.544. The van der Waals surface area contributed by atoms with E-state index in [0.717, 1.165) is 5.56 Å². The Morgan fingerprint density at radius 3 is 2.73 bits per heavy atom. The number of nitrogens with zero attached hydrogens (tertiary/aromatic N) is 1. The van der Waals surface area contributed by atoms with Crippen LogP contribution in [0, 0.1) is 0 Å². The summed E-state index contributed by atoms with van der Waals surface area (Å²) in [6.45, 7) is 0. The number of benzene rings is 1. The molecule has 0 aliphatic carbocycles. The fourth-order valence-electron chi connectivity index (χ4n) is 2.45. The van der Waals surface area contributed by atoms with Crippen molar-refractivity contribution >= 4 is 34.3 Å². The first-order valence-electron chi connectivity index (χ1n) is 6.52. The van der Waals surface area contributed by atoms with E-state index in [1.807, 2.05) is 6.07 Å². The van der Waals surface area contributed by atoms with Gasteiger partial charge in [-0.1, -0.05) is 53.5 Å². The van der Waals surface area contributed by atoms with Crippen LogP contribution in [0.4, 0.5) is 4.39 Å². The van der Waals surface area contributed by atoms with Crippen LogP contribution < -0.4 is 5.32 Å². The molecule has 0 bridgehead atoms. The highest BCUT2D eigenvalue weighted by Gasteiger charge is 2.43. The second-order valence-corrected chi connectivity index (χ2v) is 6.04. The molecule has 7 heteroatoms. The average molecular weight is 341 g/mol. The van der Waals surface area contributed by atoms with Gasteiger partial charge in [-0.3, -0.25) is 4.79 Å². The number of aliphatic imine (C=N–C) groups is 1. The summed E-state index contributed by atoms with van der Waals surface area (Å²) >= 11 is 12.4. The zero-order valence-corrected chi connectivity index (χ0v) is 12.7. The second kappa shape index (κ2) is 5.41. The molecule has 1 aromatic carbocycles. The van der Waals surface area contributed by atoms with Crippen molar-refractivity contribution in [1.82, 2.24) is 5.32 Å². The highest BCUT2D eigenvalue weighted by molar-refractivity contribution is 6.70. The number of hydrogen-bond donors (Lipinski definition) is 2. The van der Waals surface area contributed by atoms with E-state index in [9.17, 15) is 14.3 Å². The summed E-state index contributed by atoms with van der Waals surface area (Å²) < 4.78 is 14.8. The van der Waals surface area contributed by atoms with Crippen LogP contribution in [0.1, 0.15) is 12.0 Å². The molecule has 1 amide bonds. The molecule has 2 N–H and O–H groups in total. The van der Waals surface area contributed by atoms with Crippen LogP contribution in [0.2, 0.25) is 0 Å². The summed E-state index contributed by atoms with van der Waals surface area (Å²) in [5, 5.41) is 12.1. The second-order valence-electron chi connectivity index (χ2n) is 5.06. The first kappa shape index (κ1) is 15.1. The molecule has 0 aromatic heterocycles. The monoisotopic (exact) mass is 340 g/mol. The van der Waals surface area contributed by atoms with Gasteiger partial charge in [-0.25, -0.2) is 9.38 Å². The zero-order valence-electron chi connectivity index (χ0n) is 11.2. The third-order valence-electron chi connectivity index (χ3n) is 3.45. The number of halogens is 3. The maximum atomic E-state index is 14.8. The minimum atomic E-state index is -1.75. The van der Waals surface area contributed by atoms with Gasteiger partial charge in [-0.05, 0) is 5.56 Å².